The van der Waals surface area contributed by atoms with Gasteiger partial charge in [-0.3, -0.25) is 14.6 Å². The summed E-state index contributed by atoms with van der Waals surface area (Å²) in [6.45, 7) is 1.97. The van der Waals surface area contributed by atoms with Crippen molar-refractivity contribution in [1.82, 2.24) is 9.80 Å². The fourth-order valence-corrected chi connectivity index (χ4v) is 3.36. The monoisotopic (exact) mass is 415 g/mol. The summed E-state index contributed by atoms with van der Waals surface area (Å²) in [7, 11) is 0. The number of carbonyl (C=O) groups excluding carboxylic acids is 2. The van der Waals surface area contributed by atoms with Crippen LogP contribution in [-0.4, -0.2) is 59.7 Å². The molecule has 0 aromatic heterocycles. The van der Waals surface area contributed by atoms with E-state index >= 15 is 0 Å². The van der Waals surface area contributed by atoms with Crippen molar-refractivity contribution in [2.24, 2.45) is 4.99 Å². The van der Waals surface area contributed by atoms with Crippen LogP contribution in [0, 0.1) is 0 Å². The number of amides is 1. The molecule has 0 unspecified atom stereocenters. The average molecular weight is 416 g/mol. The molecule has 1 amide bonds. The smallest absolute Gasteiger partial charge is 0.405 e. The summed E-state index contributed by atoms with van der Waals surface area (Å²) in [5, 5.41) is 0.0343. The Hall–Kier alpha value is -2.55. The first-order valence-corrected chi connectivity index (χ1v) is 8.84. The molecule has 150 valence electrons. The molecule has 0 N–H and O–H groups in total. The summed E-state index contributed by atoms with van der Waals surface area (Å²) in [4.78, 5) is 31.5. The number of rotatable bonds is 4. The third kappa shape index (κ3) is 4.46. The summed E-state index contributed by atoms with van der Waals surface area (Å²) in [5.41, 5.74) is 0.639. The van der Waals surface area contributed by atoms with Crippen LogP contribution in [0.2, 0.25) is 0 Å². The minimum Gasteiger partial charge on any atom is -0.405 e. The van der Waals surface area contributed by atoms with Gasteiger partial charge in [-0.2, -0.15) is 0 Å². The number of ether oxygens (including phenoxy) is 1. The van der Waals surface area contributed by atoms with Gasteiger partial charge < -0.3 is 14.5 Å². The molecule has 3 rings (SSSR count). The van der Waals surface area contributed by atoms with E-state index in [9.17, 15) is 22.8 Å². The second kappa shape index (κ2) is 7.83. The number of dihydropyridines is 1. The third-order valence-corrected chi connectivity index (χ3v) is 4.87. The van der Waals surface area contributed by atoms with E-state index in [1.165, 1.54) is 29.3 Å². The van der Waals surface area contributed by atoms with E-state index in [0.717, 1.165) is 0 Å². The highest BCUT2D eigenvalue weighted by atomic mass is 35.5. The summed E-state index contributed by atoms with van der Waals surface area (Å²) in [5.74, 6) is -0.962. The molecule has 1 saturated heterocycles. The Morgan fingerprint density at radius 1 is 1.29 bits per heavy atom. The van der Waals surface area contributed by atoms with Crippen LogP contribution >= 0.6 is 11.6 Å². The highest BCUT2D eigenvalue weighted by Crippen LogP contribution is 2.29. The van der Waals surface area contributed by atoms with Gasteiger partial charge in [0.05, 0.1) is 12.2 Å². The molecule has 28 heavy (non-hydrogen) atoms. The van der Waals surface area contributed by atoms with Crippen LogP contribution in [0.3, 0.4) is 0 Å². The number of nitrogens with zero attached hydrogens (tertiary/aromatic N) is 3. The number of hydrogen-bond donors (Lipinski definition) is 0. The molecule has 2 heterocycles. The zero-order valence-electron chi connectivity index (χ0n) is 14.9. The number of benzene rings is 1. The first-order valence-electron chi connectivity index (χ1n) is 8.46. The normalized spacial score (nSPS) is 20.8. The fraction of sp³-hybridized carbons (Fsp3) is 0.389. The van der Waals surface area contributed by atoms with Crippen LogP contribution in [0.4, 0.5) is 13.2 Å². The molecule has 1 fully saturated rings. The van der Waals surface area contributed by atoms with Crippen molar-refractivity contribution >= 4 is 29.5 Å². The number of aliphatic imine (C=N–C) groups is 1. The van der Waals surface area contributed by atoms with Crippen LogP contribution in [0.15, 0.2) is 40.0 Å². The predicted molar refractivity (Wildman–Crippen MR) is 96.0 cm³/mol. The number of carbonyl (C=O) groups is 2. The molecule has 6 nitrogen and oxygen atoms in total. The predicted octanol–water partition coefficient (Wildman–Crippen LogP) is 2.72. The van der Waals surface area contributed by atoms with Gasteiger partial charge in [-0.15, -0.1) is 13.2 Å². The number of halogens is 4. The Morgan fingerprint density at radius 2 is 2.00 bits per heavy atom. The van der Waals surface area contributed by atoms with E-state index in [4.69, 9.17) is 11.6 Å². The van der Waals surface area contributed by atoms with Gasteiger partial charge in [0.1, 0.15) is 17.3 Å². The fourth-order valence-electron chi connectivity index (χ4n) is 3.14. The number of Topliss-reactive ketones (excluding diaryl/α,β-unsaturated/α-hetero) is 1. The van der Waals surface area contributed by atoms with Crippen LogP contribution in [0.1, 0.15) is 12.5 Å². The van der Waals surface area contributed by atoms with Gasteiger partial charge in [-0.05, 0) is 13.0 Å². The van der Waals surface area contributed by atoms with E-state index in [2.05, 4.69) is 9.73 Å². The maximum absolute atomic E-state index is 12.6. The van der Waals surface area contributed by atoms with Crippen LogP contribution in [0.25, 0.3) is 0 Å². The number of para-hydroxylation sites is 1. The number of alkyl halides is 3. The quantitative estimate of drug-likeness (QED) is 0.758. The lowest BCUT2D eigenvalue weighted by molar-refractivity contribution is -0.275. The summed E-state index contributed by atoms with van der Waals surface area (Å²) >= 11 is 6.08. The summed E-state index contributed by atoms with van der Waals surface area (Å²) < 4.78 is 41.8. The second-order valence-electron chi connectivity index (χ2n) is 6.50. The Kier molecular flexibility index (Phi) is 5.64. The Bertz CT molecular complexity index is 854. The number of hydrogen-bond acceptors (Lipinski definition) is 5. The molecular weight excluding hydrogens is 399 g/mol. The molecule has 2 aliphatic heterocycles. The molecular formula is C18H17ClF3N3O3. The highest BCUT2D eigenvalue weighted by molar-refractivity contribution is 6.44. The van der Waals surface area contributed by atoms with Crippen molar-refractivity contribution in [3.8, 4) is 5.75 Å². The molecule has 1 aromatic carbocycles. The van der Waals surface area contributed by atoms with E-state index in [1.807, 2.05) is 6.92 Å². The van der Waals surface area contributed by atoms with Crippen molar-refractivity contribution < 1.29 is 27.5 Å². The number of allylic oxidation sites excluding steroid dienone is 1. The van der Waals surface area contributed by atoms with E-state index in [1.54, 1.807) is 11.0 Å². The van der Waals surface area contributed by atoms with Gasteiger partial charge in [0.15, 0.2) is 5.78 Å². The lowest BCUT2D eigenvalue weighted by Crippen LogP contribution is -2.54. The molecule has 1 atom stereocenters. The third-order valence-electron chi connectivity index (χ3n) is 4.46. The summed E-state index contributed by atoms with van der Waals surface area (Å²) in [6, 6.07) is 5.49. The van der Waals surface area contributed by atoms with Gasteiger partial charge in [0.2, 0.25) is 5.91 Å². The van der Waals surface area contributed by atoms with Crippen LogP contribution < -0.4 is 4.74 Å². The lowest BCUT2D eigenvalue weighted by Gasteiger charge is -2.41. The van der Waals surface area contributed by atoms with Crippen molar-refractivity contribution in [1.29, 1.82) is 0 Å². The maximum atomic E-state index is 12.6. The molecule has 10 heteroatoms. The minimum atomic E-state index is -4.82. The van der Waals surface area contributed by atoms with E-state index in [0.29, 0.717) is 5.70 Å². The SMILES string of the molecule is C[C@@H]1CN(Cc2ccccc2OC(F)(F)F)C(=O)CN1C1=C(Cl)C(=O)CN=C1. The van der Waals surface area contributed by atoms with Gasteiger partial charge in [0.25, 0.3) is 0 Å². The zero-order chi connectivity index (χ0) is 20.5. The van der Waals surface area contributed by atoms with Crippen molar-refractivity contribution in [3.05, 3.63) is 40.6 Å². The molecule has 2 aliphatic rings. The highest BCUT2D eigenvalue weighted by Gasteiger charge is 2.35. The van der Waals surface area contributed by atoms with Gasteiger partial charge in [0, 0.05) is 30.9 Å². The number of ketones is 1. The van der Waals surface area contributed by atoms with Gasteiger partial charge >= 0.3 is 6.36 Å². The largest absolute Gasteiger partial charge is 0.573 e. The molecule has 0 saturated carbocycles. The first-order chi connectivity index (χ1) is 13.2. The Morgan fingerprint density at radius 3 is 2.71 bits per heavy atom. The van der Waals surface area contributed by atoms with Crippen LogP contribution in [0.5, 0.6) is 5.75 Å². The standard InChI is InChI=1S/C18H17ClF3N3O3/c1-11-8-24(9-12-4-2-3-5-15(12)28-18(20,21)22)16(27)10-25(11)13-6-23-7-14(26)17(13)19/h2-6,11H,7-10H2,1H3/t11-/m1/s1. The maximum Gasteiger partial charge on any atom is 0.573 e. The molecule has 1 aromatic rings. The van der Waals surface area contributed by atoms with E-state index in [-0.39, 0.29) is 60.3 Å². The van der Waals surface area contributed by atoms with Crippen molar-refractivity contribution in [3.63, 3.8) is 0 Å². The van der Waals surface area contributed by atoms with Crippen molar-refractivity contribution in [2.75, 3.05) is 19.6 Å². The Labute approximate surface area is 164 Å². The van der Waals surface area contributed by atoms with Gasteiger partial charge in [-0.1, -0.05) is 29.8 Å². The average Bonchev–Trinajstić information content (AvgIpc) is 2.61. The molecule has 0 aliphatic carbocycles. The van der Waals surface area contributed by atoms with E-state index < -0.39 is 6.36 Å². The lowest BCUT2D eigenvalue weighted by atomic mass is 10.1. The first kappa shape index (κ1) is 20.2. The van der Waals surface area contributed by atoms with Crippen LogP contribution in [-0.2, 0) is 16.1 Å². The summed E-state index contributed by atoms with van der Waals surface area (Å²) in [6.07, 6.45) is -3.35. The molecule has 0 bridgehead atoms. The van der Waals surface area contributed by atoms with Crippen molar-refractivity contribution in [2.45, 2.75) is 25.9 Å². The zero-order valence-corrected chi connectivity index (χ0v) is 15.6. The second-order valence-corrected chi connectivity index (χ2v) is 6.88. The Balaban J connectivity index is 1.76. The van der Waals surface area contributed by atoms with Gasteiger partial charge in [-0.25, -0.2) is 0 Å². The number of piperazine rings is 1. The molecule has 0 radical (unpaired) electrons. The molecule has 0 spiro atoms. The minimum absolute atomic E-state index is 0.0247. The topological polar surface area (TPSA) is 62.2 Å².